The molecule has 0 radical (unpaired) electrons. The van der Waals surface area contributed by atoms with E-state index >= 15 is 0 Å². The van der Waals surface area contributed by atoms with Gasteiger partial charge in [0.05, 0.1) is 12.0 Å². The van der Waals surface area contributed by atoms with Gasteiger partial charge in [0.15, 0.2) is 17.3 Å². The first-order valence-corrected chi connectivity index (χ1v) is 9.67. The van der Waals surface area contributed by atoms with Gasteiger partial charge < -0.3 is 14.2 Å². The lowest BCUT2D eigenvalue weighted by atomic mass is 10.1. The maximum absolute atomic E-state index is 12.3. The standard InChI is InChI=1S/C24H19F2NO6/c1-31-23-14-16(4-12-21(28)18-6-10-20(11-7-18)33-24(25)26)5-13-22(23)32-15-17-2-8-19(9-3-17)27(29)30/h2-14,24H,15H2,1H3/b12-4+. The molecule has 0 atom stereocenters. The van der Waals surface area contributed by atoms with Crippen molar-refractivity contribution in [2.45, 2.75) is 13.2 Å². The summed E-state index contributed by atoms with van der Waals surface area (Å²) in [5.74, 6) is 0.574. The van der Waals surface area contributed by atoms with Crippen LogP contribution >= 0.6 is 0 Å². The highest BCUT2D eigenvalue weighted by Crippen LogP contribution is 2.29. The van der Waals surface area contributed by atoms with Crippen molar-refractivity contribution in [1.29, 1.82) is 0 Å². The van der Waals surface area contributed by atoms with Crippen LogP contribution in [-0.4, -0.2) is 24.4 Å². The molecular formula is C24H19F2NO6. The quantitative estimate of drug-likeness (QED) is 0.169. The van der Waals surface area contributed by atoms with Crippen LogP contribution < -0.4 is 14.2 Å². The molecule has 3 aromatic rings. The summed E-state index contributed by atoms with van der Waals surface area (Å²) in [5.41, 5.74) is 1.75. The molecule has 0 saturated carbocycles. The van der Waals surface area contributed by atoms with Crippen molar-refractivity contribution in [2.75, 3.05) is 7.11 Å². The Bertz CT molecular complexity index is 1140. The molecule has 0 aliphatic rings. The van der Waals surface area contributed by atoms with Gasteiger partial charge in [0.25, 0.3) is 5.69 Å². The fraction of sp³-hybridized carbons (Fsp3) is 0.125. The van der Waals surface area contributed by atoms with E-state index in [1.54, 1.807) is 36.4 Å². The maximum Gasteiger partial charge on any atom is 0.387 e. The van der Waals surface area contributed by atoms with Crippen LogP contribution in [0.15, 0.2) is 72.8 Å². The highest BCUT2D eigenvalue weighted by molar-refractivity contribution is 6.06. The lowest BCUT2D eigenvalue weighted by Crippen LogP contribution is -2.02. The Balaban J connectivity index is 1.64. The third-order valence-corrected chi connectivity index (χ3v) is 4.52. The molecule has 3 aromatic carbocycles. The summed E-state index contributed by atoms with van der Waals surface area (Å²) >= 11 is 0. The maximum atomic E-state index is 12.3. The van der Waals surface area contributed by atoms with Crippen LogP contribution in [0.2, 0.25) is 0 Å². The average Bonchev–Trinajstić information content (AvgIpc) is 2.81. The van der Waals surface area contributed by atoms with Gasteiger partial charge in [0.2, 0.25) is 0 Å². The molecule has 7 nitrogen and oxygen atoms in total. The Hall–Kier alpha value is -4.27. The van der Waals surface area contributed by atoms with Crippen molar-refractivity contribution < 1.29 is 32.7 Å². The largest absolute Gasteiger partial charge is 0.493 e. The molecule has 0 aromatic heterocycles. The van der Waals surface area contributed by atoms with E-state index in [1.165, 1.54) is 49.6 Å². The number of methoxy groups -OCH3 is 1. The van der Waals surface area contributed by atoms with Gasteiger partial charge in [-0.1, -0.05) is 12.1 Å². The number of non-ortho nitro benzene ring substituents is 1. The molecule has 0 spiro atoms. The third kappa shape index (κ3) is 6.60. The number of nitro groups is 1. The molecule has 0 bridgehead atoms. The number of ketones is 1. The number of halogens is 2. The zero-order chi connectivity index (χ0) is 23.8. The zero-order valence-electron chi connectivity index (χ0n) is 17.4. The van der Waals surface area contributed by atoms with E-state index < -0.39 is 11.5 Å². The average molecular weight is 455 g/mol. The fourth-order valence-electron chi connectivity index (χ4n) is 2.85. The number of hydrogen-bond donors (Lipinski definition) is 0. The first kappa shape index (κ1) is 23.4. The summed E-state index contributed by atoms with van der Waals surface area (Å²) in [4.78, 5) is 22.6. The highest BCUT2D eigenvalue weighted by Gasteiger charge is 2.09. The Labute approximate surface area is 188 Å². The summed E-state index contributed by atoms with van der Waals surface area (Å²) in [6.07, 6.45) is 2.95. The van der Waals surface area contributed by atoms with Crippen LogP contribution in [0.4, 0.5) is 14.5 Å². The van der Waals surface area contributed by atoms with Crippen molar-refractivity contribution in [3.63, 3.8) is 0 Å². The minimum Gasteiger partial charge on any atom is -0.493 e. The molecule has 0 amide bonds. The van der Waals surface area contributed by atoms with Crippen molar-refractivity contribution in [3.8, 4) is 17.2 Å². The second kappa shape index (κ2) is 10.9. The number of rotatable bonds is 10. The van der Waals surface area contributed by atoms with Gasteiger partial charge in [-0.25, -0.2) is 0 Å². The number of ether oxygens (including phenoxy) is 3. The predicted octanol–water partition coefficient (Wildman–Crippen LogP) is 5.68. The zero-order valence-corrected chi connectivity index (χ0v) is 17.4. The predicted molar refractivity (Wildman–Crippen MR) is 117 cm³/mol. The number of nitro benzene ring substituents is 1. The monoisotopic (exact) mass is 455 g/mol. The van der Waals surface area contributed by atoms with Crippen molar-refractivity contribution >= 4 is 17.5 Å². The number of alkyl halides is 2. The number of hydrogen-bond acceptors (Lipinski definition) is 6. The van der Waals surface area contributed by atoms with Crippen LogP contribution in [0.25, 0.3) is 6.08 Å². The summed E-state index contributed by atoms with van der Waals surface area (Å²) in [6.45, 7) is -2.74. The highest BCUT2D eigenvalue weighted by atomic mass is 19.3. The first-order valence-electron chi connectivity index (χ1n) is 9.67. The van der Waals surface area contributed by atoms with E-state index in [2.05, 4.69) is 4.74 Å². The summed E-state index contributed by atoms with van der Waals surface area (Å²) in [6, 6.07) is 16.5. The number of carbonyl (C=O) groups excluding carboxylic acids is 1. The lowest BCUT2D eigenvalue weighted by Gasteiger charge is -2.11. The van der Waals surface area contributed by atoms with Crippen LogP contribution in [0.5, 0.6) is 17.2 Å². The van der Waals surface area contributed by atoms with Crippen LogP contribution in [0.1, 0.15) is 21.5 Å². The summed E-state index contributed by atoms with van der Waals surface area (Å²) in [5, 5.41) is 10.7. The lowest BCUT2D eigenvalue weighted by molar-refractivity contribution is -0.384. The molecule has 0 N–H and O–H groups in total. The number of nitrogens with zero attached hydrogens (tertiary/aromatic N) is 1. The minimum absolute atomic E-state index is 0.000507. The van der Waals surface area contributed by atoms with E-state index in [9.17, 15) is 23.7 Å². The third-order valence-electron chi connectivity index (χ3n) is 4.52. The fourth-order valence-corrected chi connectivity index (χ4v) is 2.85. The number of benzene rings is 3. The summed E-state index contributed by atoms with van der Waals surface area (Å²) < 4.78 is 39.8. The second-order valence-electron chi connectivity index (χ2n) is 6.72. The van der Waals surface area contributed by atoms with E-state index in [4.69, 9.17) is 9.47 Å². The number of allylic oxidation sites excluding steroid dienone is 1. The Morgan fingerprint density at radius 2 is 1.73 bits per heavy atom. The molecule has 0 aliphatic heterocycles. The van der Waals surface area contributed by atoms with E-state index in [0.717, 1.165) is 5.56 Å². The van der Waals surface area contributed by atoms with Crippen LogP contribution in [-0.2, 0) is 6.61 Å². The Morgan fingerprint density at radius 3 is 2.33 bits per heavy atom. The van der Waals surface area contributed by atoms with E-state index in [1.807, 2.05) is 0 Å². The molecule has 0 heterocycles. The van der Waals surface area contributed by atoms with Crippen molar-refractivity contribution in [1.82, 2.24) is 0 Å². The molecule has 0 aliphatic carbocycles. The molecule has 9 heteroatoms. The number of carbonyl (C=O) groups is 1. The Morgan fingerprint density at radius 1 is 1.03 bits per heavy atom. The van der Waals surface area contributed by atoms with Crippen molar-refractivity contribution in [2.24, 2.45) is 0 Å². The molecule has 170 valence electrons. The minimum atomic E-state index is -2.93. The molecule has 0 saturated heterocycles. The van der Waals surface area contributed by atoms with Gasteiger partial charge in [-0.15, -0.1) is 0 Å². The Kier molecular flexibility index (Phi) is 7.69. The molecular weight excluding hydrogens is 436 g/mol. The van der Waals surface area contributed by atoms with Crippen LogP contribution in [0, 0.1) is 10.1 Å². The van der Waals surface area contributed by atoms with Gasteiger partial charge >= 0.3 is 6.61 Å². The van der Waals surface area contributed by atoms with Crippen molar-refractivity contribution in [3.05, 3.63) is 99.6 Å². The van der Waals surface area contributed by atoms with Gasteiger partial charge in [-0.2, -0.15) is 8.78 Å². The molecule has 0 fully saturated rings. The smallest absolute Gasteiger partial charge is 0.387 e. The topological polar surface area (TPSA) is 87.9 Å². The van der Waals surface area contributed by atoms with Gasteiger partial charge in [-0.05, 0) is 65.7 Å². The SMILES string of the molecule is COc1cc(/C=C/C(=O)c2ccc(OC(F)F)cc2)ccc1OCc1ccc([N+](=O)[O-])cc1. The van der Waals surface area contributed by atoms with E-state index in [-0.39, 0.29) is 23.8 Å². The van der Waals surface area contributed by atoms with Gasteiger partial charge in [-0.3, -0.25) is 14.9 Å². The van der Waals surface area contributed by atoms with Gasteiger partial charge in [0, 0.05) is 17.7 Å². The van der Waals surface area contributed by atoms with Gasteiger partial charge in [0.1, 0.15) is 12.4 Å². The van der Waals surface area contributed by atoms with E-state index in [0.29, 0.717) is 22.6 Å². The van der Waals surface area contributed by atoms with Crippen LogP contribution in [0.3, 0.4) is 0 Å². The molecule has 0 unspecified atom stereocenters. The normalized spacial score (nSPS) is 10.9. The molecule has 3 rings (SSSR count). The second-order valence-corrected chi connectivity index (χ2v) is 6.72. The first-order chi connectivity index (χ1) is 15.9. The summed E-state index contributed by atoms with van der Waals surface area (Å²) in [7, 11) is 1.48. The molecule has 33 heavy (non-hydrogen) atoms.